The number of carbonyl (C=O) groups is 1. The summed E-state index contributed by atoms with van der Waals surface area (Å²) in [5.74, 6) is 0.480. The molecule has 29 heavy (non-hydrogen) atoms. The van der Waals surface area contributed by atoms with E-state index in [1.165, 1.54) is 11.1 Å². The van der Waals surface area contributed by atoms with Gasteiger partial charge in [0.25, 0.3) is 0 Å². The van der Waals surface area contributed by atoms with Gasteiger partial charge in [0, 0.05) is 5.56 Å². The predicted molar refractivity (Wildman–Crippen MR) is 119 cm³/mol. The molecule has 0 heterocycles. The highest BCUT2D eigenvalue weighted by Crippen LogP contribution is 2.32. The van der Waals surface area contributed by atoms with Crippen LogP contribution in [-0.2, 0) is 22.4 Å². The zero-order valence-electron chi connectivity index (χ0n) is 19.2. The maximum absolute atomic E-state index is 12.0. The summed E-state index contributed by atoms with van der Waals surface area (Å²) in [7, 11) is 0. The first-order valence-corrected chi connectivity index (χ1v) is 10.5. The van der Waals surface area contributed by atoms with Crippen LogP contribution in [0.5, 0.6) is 11.5 Å². The molecule has 0 aliphatic carbocycles. The van der Waals surface area contributed by atoms with Gasteiger partial charge in [-0.3, -0.25) is 4.79 Å². The van der Waals surface area contributed by atoms with E-state index in [1.54, 1.807) is 26.8 Å². The Labute approximate surface area is 176 Å². The number of aryl methyl sites for hydroxylation is 1. The van der Waals surface area contributed by atoms with Gasteiger partial charge in [-0.2, -0.15) is 0 Å². The van der Waals surface area contributed by atoms with E-state index >= 15 is 0 Å². The number of ether oxygens (including phenoxy) is 2. The lowest BCUT2D eigenvalue weighted by Crippen LogP contribution is -2.24. The van der Waals surface area contributed by atoms with Crippen molar-refractivity contribution in [2.45, 2.75) is 80.6 Å². The lowest BCUT2D eigenvalue weighted by molar-refractivity contribution is -0.159. The fraction of sp³-hybridized carbons (Fsp3) is 0.560. The number of rotatable bonds is 10. The van der Waals surface area contributed by atoms with Crippen LogP contribution in [0, 0.1) is 5.41 Å². The SMILES string of the molecule is CCCc1cc(O)c(C/C=C(\C)CCC=C(C)C)c(OCOC(=O)C(C)(C)C)c1. The van der Waals surface area contributed by atoms with Gasteiger partial charge >= 0.3 is 5.97 Å². The summed E-state index contributed by atoms with van der Waals surface area (Å²) in [5.41, 5.74) is 3.74. The van der Waals surface area contributed by atoms with Gasteiger partial charge < -0.3 is 14.6 Å². The zero-order chi connectivity index (χ0) is 22.0. The molecule has 1 aromatic rings. The number of benzene rings is 1. The lowest BCUT2D eigenvalue weighted by atomic mass is 9.98. The first-order valence-electron chi connectivity index (χ1n) is 10.5. The van der Waals surface area contributed by atoms with Crippen LogP contribution in [0.25, 0.3) is 0 Å². The molecule has 0 radical (unpaired) electrons. The summed E-state index contributed by atoms with van der Waals surface area (Å²) in [6.07, 6.45) is 8.75. The molecule has 0 saturated heterocycles. The van der Waals surface area contributed by atoms with E-state index in [1.807, 2.05) is 6.07 Å². The molecule has 0 fully saturated rings. The topological polar surface area (TPSA) is 55.8 Å². The minimum absolute atomic E-state index is 0.165. The second kappa shape index (κ2) is 11.7. The highest BCUT2D eigenvalue weighted by atomic mass is 16.7. The van der Waals surface area contributed by atoms with Crippen molar-refractivity contribution >= 4 is 5.97 Å². The average molecular weight is 403 g/mol. The molecule has 162 valence electrons. The van der Waals surface area contributed by atoms with Crippen LogP contribution in [0.2, 0.25) is 0 Å². The van der Waals surface area contributed by atoms with Gasteiger partial charge in [-0.15, -0.1) is 0 Å². The van der Waals surface area contributed by atoms with Gasteiger partial charge in [0.1, 0.15) is 11.5 Å². The molecular formula is C25H38O4. The van der Waals surface area contributed by atoms with Crippen LogP contribution >= 0.6 is 0 Å². The number of allylic oxidation sites excluding steroid dienone is 4. The van der Waals surface area contributed by atoms with Crippen LogP contribution < -0.4 is 4.74 Å². The zero-order valence-corrected chi connectivity index (χ0v) is 19.2. The highest BCUT2D eigenvalue weighted by molar-refractivity contribution is 5.75. The molecule has 1 aromatic carbocycles. The molecule has 0 spiro atoms. The predicted octanol–water partition coefficient (Wildman–Crippen LogP) is 6.51. The third-order valence-corrected chi connectivity index (χ3v) is 4.55. The molecule has 1 rings (SSSR count). The quantitative estimate of drug-likeness (QED) is 0.275. The van der Waals surface area contributed by atoms with Gasteiger partial charge in [-0.1, -0.05) is 36.6 Å². The second-order valence-corrected chi connectivity index (χ2v) is 8.86. The summed E-state index contributed by atoms with van der Waals surface area (Å²) in [4.78, 5) is 12.0. The van der Waals surface area contributed by atoms with Gasteiger partial charge in [0.15, 0.2) is 0 Å². The van der Waals surface area contributed by atoms with Crippen molar-refractivity contribution in [1.82, 2.24) is 0 Å². The summed E-state index contributed by atoms with van der Waals surface area (Å²) in [6, 6.07) is 3.75. The van der Waals surface area contributed by atoms with Crippen molar-refractivity contribution in [3.8, 4) is 11.5 Å². The van der Waals surface area contributed by atoms with Gasteiger partial charge in [-0.05, 0) is 84.9 Å². The van der Waals surface area contributed by atoms with Gasteiger partial charge in [-0.25, -0.2) is 0 Å². The second-order valence-electron chi connectivity index (χ2n) is 8.86. The van der Waals surface area contributed by atoms with Crippen LogP contribution in [0.3, 0.4) is 0 Å². The van der Waals surface area contributed by atoms with Crippen molar-refractivity contribution in [1.29, 1.82) is 0 Å². The molecule has 4 heteroatoms. The number of hydrogen-bond donors (Lipinski definition) is 1. The van der Waals surface area contributed by atoms with E-state index in [-0.39, 0.29) is 18.5 Å². The molecule has 0 amide bonds. The summed E-state index contributed by atoms with van der Waals surface area (Å²) in [5, 5.41) is 10.6. The molecule has 0 bridgehead atoms. The number of aromatic hydroxyl groups is 1. The number of hydrogen-bond acceptors (Lipinski definition) is 4. The molecular weight excluding hydrogens is 364 g/mol. The average Bonchev–Trinajstić information content (AvgIpc) is 2.60. The van der Waals surface area contributed by atoms with E-state index in [4.69, 9.17) is 9.47 Å². The van der Waals surface area contributed by atoms with Crippen LogP contribution in [-0.4, -0.2) is 17.9 Å². The number of carbonyl (C=O) groups excluding carboxylic acids is 1. The minimum atomic E-state index is -0.580. The van der Waals surface area contributed by atoms with Crippen molar-refractivity contribution < 1.29 is 19.4 Å². The summed E-state index contributed by atoms with van der Waals surface area (Å²) < 4.78 is 11.0. The van der Waals surface area contributed by atoms with E-state index in [2.05, 4.69) is 39.8 Å². The minimum Gasteiger partial charge on any atom is -0.508 e. The summed E-state index contributed by atoms with van der Waals surface area (Å²) in [6.45, 7) is 13.6. The highest BCUT2D eigenvalue weighted by Gasteiger charge is 2.23. The molecule has 0 unspecified atom stereocenters. The lowest BCUT2D eigenvalue weighted by Gasteiger charge is -2.18. The molecule has 4 nitrogen and oxygen atoms in total. The number of phenols is 1. The maximum Gasteiger partial charge on any atom is 0.314 e. The molecule has 0 aromatic heterocycles. The van der Waals surface area contributed by atoms with Crippen LogP contribution in [0.4, 0.5) is 0 Å². The Balaban J connectivity index is 2.94. The van der Waals surface area contributed by atoms with Crippen LogP contribution in [0.1, 0.15) is 78.9 Å². The largest absolute Gasteiger partial charge is 0.508 e. The van der Waals surface area contributed by atoms with Crippen LogP contribution in [0.15, 0.2) is 35.4 Å². The maximum atomic E-state index is 12.0. The molecule has 0 atom stereocenters. The smallest absolute Gasteiger partial charge is 0.314 e. The summed E-state index contributed by atoms with van der Waals surface area (Å²) >= 11 is 0. The molecule has 1 N–H and O–H groups in total. The fourth-order valence-corrected chi connectivity index (χ4v) is 2.78. The monoisotopic (exact) mass is 402 g/mol. The Morgan fingerprint density at radius 3 is 2.41 bits per heavy atom. The van der Waals surface area contributed by atoms with E-state index in [0.717, 1.165) is 36.8 Å². The Bertz CT molecular complexity index is 732. The fourth-order valence-electron chi connectivity index (χ4n) is 2.78. The van der Waals surface area contributed by atoms with Crippen molar-refractivity contribution in [3.63, 3.8) is 0 Å². The number of phenolic OH excluding ortho intramolecular Hbond substituents is 1. The Hall–Kier alpha value is -2.23. The van der Waals surface area contributed by atoms with Crippen molar-refractivity contribution in [2.24, 2.45) is 5.41 Å². The normalized spacial score (nSPS) is 11.9. The first-order chi connectivity index (χ1) is 13.5. The Morgan fingerprint density at radius 1 is 1.14 bits per heavy atom. The van der Waals surface area contributed by atoms with Crippen molar-refractivity contribution in [2.75, 3.05) is 6.79 Å². The van der Waals surface area contributed by atoms with Crippen molar-refractivity contribution in [3.05, 3.63) is 46.6 Å². The van der Waals surface area contributed by atoms with E-state index in [0.29, 0.717) is 12.2 Å². The Kier molecular flexibility index (Phi) is 10.0. The third-order valence-electron chi connectivity index (χ3n) is 4.55. The third kappa shape index (κ3) is 9.21. The standard InChI is InChI=1S/C25H38O4/c1-8-10-20-15-22(26)21(14-13-19(4)12-9-11-18(2)3)23(16-20)28-17-29-24(27)25(5,6)7/h11,13,15-16,26H,8-10,12,14,17H2,1-7H3/b19-13+. The van der Waals surface area contributed by atoms with Gasteiger partial charge in [0.05, 0.1) is 5.41 Å². The van der Waals surface area contributed by atoms with E-state index in [9.17, 15) is 9.90 Å². The molecule has 0 saturated carbocycles. The molecule has 0 aliphatic heterocycles. The number of esters is 1. The van der Waals surface area contributed by atoms with E-state index < -0.39 is 5.41 Å². The first kappa shape index (κ1) is 24.8. The molecule has 0 aliphatic rings. The Morgan fingerprint density at radius 2 is 1.83 bits per heavy atom. The van der Waals surface area contributed by atoms with Gasteiger partial charge in [0.2, 0.25) is 6.79 Å².